The predicted molar refractivity (Wildman–Crippen MR) is 72.3 cm³/mol. The second-order valence-electron chi connectivity index (χ2n) is 4.43. The first-order valence-electron chi connectivity index (χ1n) is 6.02. The van der Waals surface area contributed by atoms with E-state index in [1.165, 1.54) is 0 Å². The lowest BCUT2D eigenvalue weighted by Gasteiger charge is -2.25. The van der Waals surface area contributed by atoms with Crippen LogP contribution in [-0.2, 0) is 11.3 Å². The zero-order chi connectivity index (χ0) is 13.4. The summed E-state index contributed by atoms with van der Waals surface area (Å²) < 4.78 is 5.45. The van der Waals surface area contributed by atoms with Crippen molar-refractivity contribution in [2.24, 2.45) is 0 Å². The first-order chi connectivity index (χ1) is 8.63. The average Bonchev–Trinajstić information content (AvgIpc) is 2.81. The molecular formula is C13H20N2O2S. The Bertz CT molecular complexity index is 360. The molecule has 0 saturated heterocycles. The fraction of sp³-hybridized carbons (Fsp3) is 0.615. The van der Waals surface area contributed by atoms with Gasteiger partial charge in [-0.25, -0.2) is 0 Å². The van der Waals surface area contributed by atoms with Crippen LogP contribution in [0.25, 0.3) is 0 Å². The van der Waals surface area contributed by atoms with Crippen molar-refractivity contribution in [1.29, 1.82) is 5.26 Å². The molecule has 1 unspecified atom stereocenters. The van der Waals surface area contributed by atoms with Gasteiger partial charge in [-0.2, -0.15) is 5.26 Å². The minimum Gasteiger partial charge on any atom is -0.389 e. The van der Waals surface area contributed by atoms with E-state index in [-0.39, 0.29) is 6.04 Å². The molecule has 0 bridgehead atoms. The van der Waals surface area contributed by atoms with Crippen LogP contribution < -0.4 is 0 Å². The number of hydrogen-bond donors (Lipinski definition) is 1. The van der Waals surface area contributed by atoms with Crippen LogP contribution in [0.5, 0.6) is 0 Å². The molecule has 100 valence electrons. The largest absolute Gasteiger partial charge is 0.389 e. The number of aliphatic hydroxyl groups is 1. The summed E-state index contributed by atoms with van der Waals surface area (Å²) in [5.41, 5.74) is 0. The predicted octanol–water partition coefficient (Wildman–Crippen LogP) is 1.86. The van der Waals surface area contributed by atoms with E-state index in [0.717, 1.165) is 4.88 Å². The molecule has 0 aliphatic carbocycles. The van der Waals surface area contributed by atoms with Crippen molar-refractivity contribution in [3.8, 4) is 6.07 Å². The van der Waals surface area contributed by atoms with Gasteiger partial charge in [0.15, 0.2) is 0 Å². The maximum Gasteiger partial charge on any atom is 0.0900 e. The maximum atomic E-state index is 9.85. The highest BCUT2D eigenvalue weighted by Gasteiger charge is 2.14. The fourth-order valence-corrected chi connectivity index (χ4v) is 2.20. The van der Waals surface area contributed by atoms with Gasteiger partial charge in [0.1, 0.15) is 0 Å². The molecule has 0 radical (unpaired) electrons. The van der Waals surface area contributed by atoms with Gasteiger partial charge in [-0.05, 0) is 25.3 Å². The molecule has 1 heterocycles. The lowest BCUT2D eigenvalue weighted by atomic mass is 10.2. The van der Waals surface area contributed by atoms with Gasteiger partial charge in [0.05, 0.1) is 31.9 Å². The highest BCUT2D eigenvalue weighted by atomic mass is 32.1. The Morgan fingerprint density at radius 3 is 2.89 bits per heavy atom. The molecule has 0 amide bonds. The van der Waals surface area contributed by atoms with Crippen molar-refractivity contribution in [3.63, 3.8) is 0 Å². The Labute approximate surface area is 112 Å². The van der Waals surface area contributed by atoms with Gasteiger partial charge in [0.25, 0.3) is 0 Å². The van der Waals surface area contributed by atoms with E-state index in [2.05, 4.69) is 6.07 Å². The Balaban J connectivity index is 2.23. The summed E-state index contributed by atoms with van der Waals surface area (Å²) in [6.45, 7) is 5.66. The van der Waals surface area contributed by atoms with Crippen molar-refractivity contribution in [1.82, 2.24) is 4.90 Å². The van der Waals surface area contributed by atoms with E-state index in [0.29, 0.717) is 26.3 Å². The van der Waals surface area contributed by atoms with Crippen LogP contribution in [0.15, 0.2) is 17.5 Å². The summed E-state index contributed by atoms with van der Waals surface area (Å²) in [7, 11) is 0. The second kappa shape index (κ2) is 8.22. The molecule has 0 aromatic carbocycles. The maximum absolute atomic E-state index is 9.85. The first kappa shape index (κ1) is 15.1. The molecule has 1 N–H and O–H groups in total. The molecule has 1 atom stereocenters. The number of nitriles is 1. The molecule has 4 nitrogen and oxygen atoms in total. The van der Waals surface area contributed by atoms with E-state index in [4.69, 9.17) is 10.00 Å². The minimum absolute atomic E-state index is 0.247. The summed E-state index contributed by atoms with van der Waals surface area (Å²) in [6, 6.07) is 6.34. The van der Waals surface area contributed by atoms with Crippen LogP contribution in [0.4, 0.5) is 0 Å². The van der Waals surface area contributed by atoms with Crippen molar-refractivity contribution < 1.29 is 9.84 Å². The van der Waals surface area contributed by atoms with Gasteiger partial charge in [-0.15, -0.1) is 11.3 Å². The number of rotatable bonds is 8. The zero-order valence-corrected chi connectivity index (χ0v) is 11.7. The van der Waals surface area contributed by atoms with Crippen molar-refractivity contribution in [2.45, 2.75) is 32.6 Å². The SMILES string of the molecule is CC(C)N(CC#N)CC(O)COCc1cccs1. The van der Waals surface area contributed by atoms with E-state index in [9.17, 15) is 5.11 Å². The highest BCUT2D eigenvalue weighted by Crippen LogP contribution is 2.10. The Hall–Kier alpha value is -0.930. The van der Waals surface area contributed by atoms with Crippen LogP contribution in [0, 0.1) is 11.3 Å². The molecule has 18 heavy (non-hydrogen) atoms. The minimum atomic E-state index is -0.555. The highest BCUT2D eigenvalue weighted by molar-refractivity contribution is 7.09. The number of hydrogen-bond acceptors (Lipinski definition) is 5. The number of ether oxygens (including phenoxy) is 1. The topological polar surface area (TPSA) is 56.5 Å². The fourth-order valence-electron chi connectivity index (χ4n) is 1.56. The quantitative estimate of drug-likeness (QED) is 0.731. The van der Waals surface area contributed by atoms with Gasteiger partial charge in [-0.1, -0.05) is 6.07 Å². The smallest absolute Gasteiger partial charge is 0.0900 e. The van der Waals surface area contributed by atoms with Crippen molar-refractivity contribution >= 4 is 11.3 Å². The van der Waals surface area contributed by atoms with Crippen LogP contribution in [-0.4, -0.2) is 41.8 Å². The lowest BCUT2D eigenvalue weighted by Crippen LogP contribution is -2.39. The molecule has 0 aliphatic rings. The zero-order valence-electron chi connectivity index (χ0n) is 10.9. The Morgan fingerprint density at radius 2 is 2.33 bits per heavy atom. The van der Waals surface area contributed by atoms with E-state index in [1.807, 2.05) is 36.3 Å². The summed E-state index contributed by atoms with van der Waals surface area (Å²) in [6.07, 6.45) is -0.555. The van der Waals surface area contributed by atoms with E-state index >= 15 is 0 Å². The summed E-state index contributed by atoms with van der Waals surface area (Å²) >= 11 is 1.64. The molecule has 1 rings (SSSR count). The third kappa shape index (κ3) is 5.61. The van der Waals surface area contributed by atoms with Gasteiger partial charge < -0.3 is 9.84 Å². The molecular weight excluding hydrogens is 248 g/mol. The Morgan fingerprint density at radius 1 is 1.56 bits per heavy atom. The molecule has 0 saturated carbocycles. The lowest BCUT2D eigenvalue weighted by molar-refractivity contribution is 0.00809. The molecule has 0 aliphatic heterocycles. The monoisotopic (exact) mass is 268 g/mol. The number of nitrogens with zero attached hydrogens (tertiary/aromatic N) is 2. The van der Waals surface area contributed by atoms with Crippen molar-refractivity contribution in [2.75, 3.05) is 19.7 Å². The molecule has 0 spiro atoms. The van der Waals surface area contributed by atoms with Gasteiger partial charge in [-0.3, -0.25) is 4.90 Å². The molecule has 1 aromatic heterocycles. The van der Waals surface area contributed by atoms with E-state index < -0.39 is 6.10 Å². The van der Waals surface area contributed by atoms with Gasteiger partial charge in [0.2, 0.25) is 0 Å². The first-order valence-corrected chi connectivity index (χ1v) is 6.90. The summed E-state index contributed by atoms with van der Waals surface area (Å²) in [4.78, 5) is 3.08. The van der Waals surface area contributed by atoms with Gasteiger partial charge in [0, 0.05) is 17.5 Å². The third-order valence-electron chi connectivity index (χ3n) is 2.58. The number of thiophene rings is 1. The summed E-state index contributed by atoms with van der Waals surface area (Å²) in [5, 5.41) is 20.5. The van der Waals surface area contributed by atoms with Gasteiger partial charge >= 0.3 is 0 Å². The van der Waals surface area contributed by atoms with E-state index in [1.54, 1.807) is 11.3 Å². The standard InChI is InChI=1S/C13H20N2O2S/c1-11(2)15(6-5-14)8-12(16)9-17-10-13-4-3-7-18-13/h3-4,7,11-12,16H,6,8-10H2,1-2H3. The van der Waals surface area contributed by atoms with Crippen LogP contribution in [0.1, 0.15) is 18.7 Å². The second-order valence-corrected chi connectivity index (χ2v) is 5.46. The normalized spacial score (nSPS) is 12.9. The number of aliphatic hydroxyl groups excluding tert-OH is 1. The average molecular weight is 268 g/mol. The third-order valence-corrected chi connectivity index (χ3v) is 3.43. The molecule has 0 fully saturated rings. The molecule has 1 aromatic rings. The van der Waals surface area contributed by atoms with Crippen LogP contribution in [0.3, 0.4) is 0 Å². The summed E-state index contributed by atoms with van der Waals surface area (Å²) in [5.74, 6) is 0. The Kier molecular flexibility index (Phi) is 6.91. The molecule has 5 heteroatoms. The van der Waals surface area contributed by atoms with Crippen molar-refractivity contribution in [3.05, 3.63) is 22.4 Å². The van der Waals surface area contributed by atoms with Crippen LogP contribution in [0.2, 0.25) is 0 Å². The van der Waals surface area contributed by atoms with Crippen LogP contribution >= 0.6 is 11.3 Å².